The van der Waals surface area contributed by atoms with Gasteiger partial charge in [0.25, 0.3) is 0 Å². The summed E-state index contributed by atoms with van der Waals surface area (Å²) in [6.45, 7) is 1.42. The molecule has 0 aromatic heterocycles. The smallest absolute Gasteiger partial charge is 0.221 e. The van der Waals surface area contributed by atoms with Crippen molar-refractivity contribution in [2.45, 2.75) is 6.92 Å². The zero-order valence-corrected chi connectivity index (χ0v) is 11.1. The summed E-state index contributed by atoms with van der Waals surface area (Å²) in [5.74, 6) is 0.898. The number of nitrogens with one attached hydrogen (secondary N) is 1. The van der Waals surface area contributed by atoms with Crippen LogP contribution in [0.2, 0.25) is 5.02 Å². The Hall–Kier alpha value is -2.20. The molecule has 0 unspecified atom stereocenters. The number of nitrogen functional groups attached to an aromatic ring is 1. The number of rotatable bonds is 3. The van der Waals surface area contributed by atoms with Crippen LogP contribution in [0.5, 0.6) is 11.5 Å². The minimum Gasteiger partial charge on any atom is -0.456 e. The van der Waals surface area contributed by atoms with Crippen LogP contribution < -0.4 is 15.8 Å². The monoisotopic (exact) mass is 276 g/mol. The van der Waals surface area contributed by atoms with Crippen LogP contribution in [0.15, 0.2) is 42.5 Å². The van der Waals surface area contributed by atoms with Crippen molar-refractivity contribution in [3.8, 4) is 11.5 Å². The van der Waals surface area contributed by atoms with Gasteiger partial charge in [-0.25, -0.2) is 0 Å². The fourth-order valence-corrected chi connectivity index (χ4v) is 1.73. The Labute approximate surface area is 116 Å². The van der Waals surface area contributed by atoms with Crippen LogP contribution in [0.4, 0.5) is 11.4 Å². The first-order chi connectivity index (χ1) is 9.06. The molecule has 0 spiro atoms. The van der Waals surface area contributed by atoms with Gasteiger partial charge in [0.15, 0.2) is 0 Å². The molecule has 5 heteroatoms. The predicted molar refractivity (Wildman–Crippen MR) is 76.7 cm³/mol. The first-order valence-corrected chi connectivity index (χ1v) is 6.03. The van der Waals surface area contributed by atoms with Crippen LogP contribution in [0.1, 0.15) is 6.92 Å². The van der Waals surface area contributed by atoms with Gasteiger partial charge < -0.3 is 15.8 Å². The molecule has 0 atom stereocenters. The van der Waals surface area contributed by atoms with Crippen molar-refractivity contribution in [2.75, 3.05) is 11.1 Å². The molecule has 2 aromatic rings. The molecule has 0 aliphatic carbocycles. The van der Waals surface area contributed by atoms with E-state index in [1.54, 1.807) is 30.3 Å². The van der Waals surface area contributed by atoms with E-state index in [1.807, 2.05) is 12.1 Å². The summed E-state index contributed by atoms with van der Waals surface area (Å²) in [5.41, 5.74) is 6.75. The Kier molecular flexibility index (Phi) is 3.92. The molecule has 4 nitrogen and oxygen atoms in total. The fourth-order valence-electron chi connectivity index (χ4n) is 1.55. The number of amides is 1. The van der Waals surface area contributed by atoms with Crippen LogP contribution in [-0.4, -0.2) is 5.91 Å². The number of hydrogen-bond acceptors (Lipinski definition) is 3. The van der Waals surface area contributed by atoms with Gasteiger partial charge in [0.1, 0.15) is 11.5 Å². The lowest BCUT2D eigenvalue weighted by molar-refractivity contribution is -0.114. The highest BCUT2D eigenvalue weighted by Gasteiger charge is 2.06. The maximum Gasteiger partial charge on any atom is 0.221 e. The molecule has 2 rings (SSSR count). The molecule has 0 saturated carbocycles. The number of nitrogens with two attached hydrogens (primary N) is 1. The average Bonchev–Trinajstić information content (AvgIpc) is 2.35. The minimum atomic E-state index is -0.193. The van der Waals surface area contributed by atoms with Gasteiger partial charge in [-0.15, -0.1) is 0 Å². The van der Waals surface area contributed by atoms with Crippen molar-refractivity contribution in [3.05, 3.63) is 47.5 Å². The van der Waals surface area contributed by atoms with E-state index in [0.29, 0.717) is 27.9 Å². The summed E-state index contributed by atoms with van der Waals surface area (Å²) >= 11 is 6.01. The number of halogens is 1. The summed E-state index contributed by atoms with van der Waals surface area (Å²) in [6, 6.07) is 12.2. The Morgan fingerprint density at radius 3 is 2.68 bits per heavy atom. The van der Waals surface area contributed by atoms with Gasteiger partial charge >= 0.3 is 0 Å². The van der Waals surface area contributed by atoms with Gasteiger partial charge in [0, 0.05) is 13.0 Å². The van der Waals surface area contributed by atoms with E-state index in [4.69, 9.17) is 22.1 Å². The second-order valence-electron chi connectivity index (χ2n) is 3.96. The molecular weight excluding hydrogens is 264 g/mol. The molecule has 0 bridgehead atoms. The van der Waals surface area contributed by atoms with Crippen LogP contribution in [0.25, 0.3) is 0 Å². The van der Waals surface area contributed by atoms with Crippen molar-refractivity contribution in [2.24, 2.45) is 0 Å². The molecule has 3 N–H and O–H groups in total. The summed E-state index contributed by atoms with van der Waals surface area (Å²) in [6.07, 6.45) is 0. The summed E-state index contributed by atoms with van der Waals surface area (Å²) in [4.78, 5) is 11.1. The van der Waals surface area contributed by atoms with Crippen molar-refractivity contribution in [1.82, 2.24) is 0 Å². The van der Waals surface area contributed by atoms with E-state index < -0.39 is 0 Å². The number of carbonyl (C=O) groups excluding carboxylic acids is 1. The Morgan fingerprint density at radius 2 is 2.00 bits per heavy atom. The minimum absolute atomic E-state index is 0.193. The van der Waals surface area contributed by atoms with Gasteiger partial charge in [0.05, 0.1) is 16.4 Å². The van der Waals surface area contributed by atoms with Crippen molar-refractivity contribution in [3.63, 3.8) is 0 Å². The topological polar surface area (TPSA) is 64.3 Å². The molecule has 1 amide bonds. The zero-order valence-electron chi connectivity index (χ0n) is 10.3. The third-order valence-electron chi connectivity index (χ3n) is 2.40. The number of ether oxygens (including phenoxy) is 1. The standard InChI is InChI=1S/C14H13ClN2O2/c1-9(18)17-13-8-10(6-7-12(13)16)19-14-5-3-2-4-11(14)15/h2-8H,16H2,1H3,(H,17,18). The van der Waals surface area contributed by atoms with E-state index >= 15 is 0 Å². The number of benzene rings is 2. The Morgan fingerprint density at radius 1 is 1.26 bits per heavy atom. The molecule has 0 aliphatic rings. The largest absolute Gasteiger partial charge is 0.456 e. The maximum atomic E-state index is 11.1. The highest BCUT2D eigenvalue weighted by Crippen LogP contribution is 2.32. The van der Waals surface area contributed by atoms with Gasteiger partial charge in [-0.2, -0.15) is 0 Å². The predicted octanol–water partition coefficient (Wildman–Crippen LogP) is 3.67. The SMILES string of the molecule is CC(=O)Nc1cc(Oc2ccccc2Cl)ccc1N. The first-order valence-electron chi connectivity index (χ1n) is 5.66. The number of carbonyl (C=O) groups is 1. The lowest BCUT2D eigenvalue weighted by atomic mass is 10.2. The summed E-state index contributed by atoms with van der Waals surface area (Å²) in [5, 5.41) is 3.15. The third-order valence-corrected chi connectivity index (χ3v) is 2.71. The third kappa shape index (κ3) is 3.39. The van der Waals surface area contributed by atoms with Gasteiger partial charge in [0.2, 0.25) is 5.91 Å². The quantitative estimate of drug-likeness (QED) is 0.841. The molecule has 98 valence electrons. The fraction of sp³-hybridized carbons (Fsp3) is 0.0714. The van der Waals surface area contributed by atoms with E-state index in [2.05, 4.69) is 5.32 Å². The summed E-state index contributed by atoms with van der Waals surface area (Å²) < 4.78 is 5.65. The number of anilines is 2. The maximum absolute atomic E-state index is 11.1. The molecule has 0 aliphatic heterocycles. The van der Waals surface area contributed by atoms with E-state index in [-0.39, 0.29) is 5.91 Å². The van der Waals surface area contributed by atoms with Gasteiger partial charge in [-0.1, -0.05) is 23.7 Å². The van der Waals surface area contributed by atoms with Crippen LogP contribution in [0.3, 0.4) is 0 Å². The second kappa shape index (κ2) is 5.63. The average molecular weight is 277 g/mol. The van der Waals surface area contributed by atoms with Gasteiger partial charge in [-0.3, -0.25) is 4.79 Å². The highest BCUT2D eigenvalue weighted by molar-refractivity contribution is 6.32. The van der Waals surface area contributed by atoms with Gasteiger partial charge in [-0.05, 0) is 24.3 Å². The van der Waals surface area contributed by atoms with Crippen LogP contribution in [0, 0.1) is 0 Å². The normalized spacial score (nSPS) is 10.0. The van der Waals surface area contributed by atoms with E-state index in [0.717, 1.165) is 0 Å². The van der Waals surface area contributed by atoms with Crippen LogP contribution in [-0.2, 0) is 4.79 Å². The number of hydrogen-bond donors (Lipinski definition) is 2. The molecule has 0 saturated heterocycles. The summed E-state index contributed by atoms with van der Waals surface area (Å²) in [7, 11) is 0. The molecule has 0 radical (unpaired) electrons. The first kappa shape index (κ1) is 13.2. The molecular formula is C14H13ClN2O2. The number of para-hydroxylation sites is 1. The lowest BCUT2D eigenvalue weighted by Crippen LogP contribution is -2.08. The van der Waals surface area contributed by atoms with E-state index in [9.17, 15) is 4.79 Å². The Bertz CT molecular complexity index is 614. The molecule has 19 heavy (non-hydrogen) atoms. The van der Waals surface area contributed by atoms with Crippen molar-refractivity contribution >= 4 is 28.9 Å². The lowest BCUT2D eigenvalue weighted by Gasteiger charge is -2.11. The molecule has 0 heterocycles. The molecule has 2 aromatic carbocycles. The molecule has 0 fully saturated rings. The second-order valence-corrected chi connectivity index (χ2v) is 4.37. The van der Waals surface area contributed by atoms with Crippen molar-refractivity contribution < 1.29 is 9.53 Å². The Balaban J connectivity index is 2.26. The zero-order chi connectivity index (χ0) is 13.8. The highest BCUT2D eigenvalue weighted by atomic mass is 35.5. The van der Waals surface area contributed by atoms with Crippen molar-refractivity contribution in [1.29, 1.82) is 0 Å². The van der Waals surface area contributed by atoms with E-state index in [1.165, 1.54) is 6.92 Å². The van der Waals surface area contributed by atoms with Crippen LogP contribution >= 0.6 is 11.6 Å².